The van der Waals surface area contributed by atoms with Gasteiger partial charge in [-0.2, -0.15) is 0 Å². The molecule has 1 amide bonds. The van der Waals surface area contributed by atoms with E-state index in [1.807, 2.05) is 29.2 Å². The number of hydrogen-bond donors (Lipinski definition) is 2. The largest absolute Gasteiger partial charge is 0.486 e. The molecule has 144 valence electrons. The molecule has 1 aromatic carbocycles. The summed E-state index contributed by atoms with van der Waals surface area (Å²) in [5, 5.41) is 6.27. The highest BCUT2D eigenvalue weighted by Gasteiger charge is 2.21. The fraction of sp³-hybridized carbons (Fsp3) is 0.556. The topological polar surface area (TPSA) is 75.2 Å². The molecule has 26 heavy (non-hydrogen) atoms. The number of halogens is 1. The fourth-order valence-corrected chi connectivity index (χ4v) is 3.01. The number of amides is 1. The summed E-state index contributed by atoms with van der Waals surface area (Å²) in [7, 11) is 1.69. The zero-order valence-corrected chi connectivity index (χ0v) is 17.4. The number of guanidine groups is 1. The Hall–Kier alpha value is -1.71. The van der Waals surface area contributed by atoms with Gasteiger partial charge < -0.3 is 25.0 Å². The summed E-state index contributed by atoms with van der Waals surface area (Å²) in [4.78, 5) is 18.3. The molecule has 1 fully saturated rings. The van der Waals surface area contributed by atoms with E-state index in [1.165, 1.54) is 6.42 Å². The molecular weight excluding hydrogens is 447 g/mol. The summed E-state index contributed by atoms with van der Waals surface area (Å²) in [5.74, 6) is 2.24. The number of hydrogen-bond acceptors (Lipinski definition) is 4. The Balaban J connectivity index is 0.00000243. The molecular formula is C18H27IN4O3. The summed E-state index contributed by atoms with van der Waals surface area (Å²) in [6.45, 7) is 3.00. The van der Waals surface area contributed by atoms with Gasteiger partial charge >= 0.3 is 0 Å². The normalized spacial score (nSPS) is 19.3. The van der Waals surface area contributed by atoms with Crippen LogP contribution in [-0.2, 0) is 4.79 Å². The van der Waals surface area contributed by atoms with Crippen LogP contribution >= 0.6 is 24.0 Å². The number of rotatable bonds is 4. The zero-order chi connectivity index (χ0) is 17.5. The van der Waals surface area contributed by atoms with E-state index < -0.39 is 0 Å². The van der Waals surface area contributed by atoms with Crippen molar-refractivity contribution in [1.29, 1.82) is 0 Å². The number of likely N-dealkylation sites (tertiary alicyclic amines) is 1. The molecule has 2 aliphatic heterocycles. The van der Waals surface area contributed by atoms with Gasteiger partial charge in [-0.1, -0.05) is 12.1 Å². The van der Waals surface area contributed by atoms with Gasteiger partial charge in [0.1, 0.15) is 12.7 Å². The third-order valence-corrected chi connectivity index (χ3v) is 4.40. The van der Waals surface area contributed by atoms with Crippen LogP contribution in [0.15, 0.2) is 29.3 Å². The average molecular weight is 474 g/mol. The lowest BCUT2D eigenvalue weighted by atomic mass is 10.1. The van der Waals surface area contributed by atoms with Crippen LogP contribution in [0, 0.1) is 0 Å². The molecule has 2 aliphatic rings. The van der Waals surface area contributed by atoms with Gasteiger partial charge in [-0.05, 0) is 31.4 Å². The molecule has 0 saturated carbocycles. The smallest absolute Gasteiger partial charge is 0.241 e. The van der Waals surface area contributed by atoms with Gasteiger partial charge in [-0.3, -0.25) is 9.79 Å². The van der Waals surface area contributed by atoms with E-state index in [9.17, 15) is 4.79 Å². The molecule has 3 rings (SSSR count). The number of para-hydroxylation sites is 2. The predicted octanol–water partition coefficient (Wildman–Crippen LogP) is 1.62. The van der Waals surface area contributed by atoms with Crippen molar-refractivity contribution >= 4 is 35.8 Å². The summed E-state index contributed by atoms with van der Waals surface area (Å²) >= 11 is 0. The second kappa shape index (κ2) is 10.4. The molecule has 7 nitrogen and oxygen atoms in total. The first-order valence-corrected chi connectivity index (χ1v) is 8.87. The summed E-state index contributed by atoms with van der Waals surface area (Å²) in [6, 6.07) is 7.63. The van der Waals surface area contributed by atoms with Gasteiger partial charge in [-0.25, -0.2) is 0 Å². The van der Waals surface area contributed by atoms with Gasteiger partial charge in [0.05, 0.1) is 13.1 Å². The van der Waals surface area contributed by atoms with Gasteiger partial charge in [0, 0.05) is 20.1 Å². The number of nitrogens with zero attached hydrogens (tertiary/aromatic N) is 2. The SMILES string of the molecule is CN=C(NCC(=O)N1CCCCC1)NCC1COc2ccccc2O1.I. The first kappa shape index (κ1) is 20.6. The maximum Gasteiger partial charge on any atom is 0.241 e. The highest BCUT2D eigenvalue weighted by molar-refractivity contribution is 14.0. The van der Waals surface area contributed by atoms with Crippen LogP contribution in [-0.4, -0.2) is 62.7 Å². The summed E-state index contributed by atoms with van der Waals surface area (Å²) < 4.78 is 11.6. The second-order valence-corrected chi connectivity index (χ2v) is 6.25. The third-order valence-electron chi connectivity index (χ3n) is 4.40. The van der Waals surface area contributed by atoms with Gasteiger partial charge in [-0.15, -0.1) is 24.0 Å². The lowest BCUT2D eigenvalue weighted by Gasteiger charge is -2.28. The van der Waals surface area contributed by atoms with Crippen LogP contribution in [0.5, 0.6) is 11.5 Å². The maximum absolute atomic E-state index is 12.2. The fourth-order valence-electron chi connectivity index (χ4n) is 3.01. The number of carbonyl (C=O) groups is 1. The standard InChI is InChI=1S/C18H26N4O3.HI/c1-19-18(21-12-17(23)22-9-5-2-6-10-22)20-11-14-13-24-15-7-3-4-8-16(15)25-14;/h3-4,7-8,14H,2,5-6,9-13H2,1H3,(H2,19,20,21);1H. The highest BCUT2D eigenvalue weighted by Crippen LogP contribution is 2.30. The lowest BCUT2D eigenvalue weighted by molar-refractivity contribution is -0.130. The molecule has 0 spiro atoms. The molecule has 0 aliphatic carbocycles. The maximum atomic E-state index is 12.2. The van der Waals surface area contributed by atoms with Crippen LogP contribution in [0.2, 0.25) is 0 Å². The number of carbonyl (C=O) groups excluding carboxylic acids is 1. The molecule has 1 atom stereocenters. The summed E-state index contributed by atoms with van der Waals surface area (Å²) in [5.41, 5.74) is 0. The van der Waals surface area contributed by atoms with E-state index in [-0.39, 0.29) is 42.5 Å². The average Bonchev–Trinajstić information content (AvgIpc) is 2.68. The molecule has 0 aromatic heterocycles. The Morgan fingerprint density at radius 3 is 2.65 bits per heavy atom. The van der Waals surface area contributed by atoms with Gasteiger partial charge in [0.25, 0.3) is 0 Å². The number of nitrogens with one attached hydrogen (secondary N) is 2. The van der Waals surface area contributed by atoms with Crippen LogP contribution in [0.1, 0.15) is 19.3 Å². The predicted molar refractivity (Wildman–Crippen MR) is 112 cm³/mol. The Morgan fingerprint density at radius 2 is 1.92 bits per heavy atom. The van der Waals surface area contributed by atoms with Crippen LogP contribution in [0.3, 0.4) is 0 Å². The minimum atomic E-state index is -0.105. The van der Waals surface area contributed by atoms with Crippen molar-refractivity contribution in [3.8, 4) is 11.5 Å². The molecule has 1 saturated heterocycles. The number of piperidine rings is 1. The molecule has 1 aromatic rings. The van der Waals surface area contributed by atoms with Crippen molar-refractivity contribution in [3.05, 3.63) is 24.3 Å². The van der Waals surface area contributed by atoms with Crippen molar-refractivity contribution in [2.75, 3.05) is 39.8 Å². The van der Waals surface area contributed by atoms with Crippen molar-refractivity contribution in [2.24, 2.45) is 4.99 Å². The van der Waals surface area contributed by atoms with Crippen LogP contribution in [0.25, 0.3) is 0 Å². The third kappa shape index (κ3) is 5.65. The van der Waals surface area contributed by atoms with E-state index in [2.05, 4.69) is 15.6 Å². The van der Waals surface area contributed by atoms with Crippen molar-refractivity contribution < 1.29 is 14.3 Å². The van der Waals surface area contributed by atoms with E-state index in [1.54, 1.807) is 7.05 Å². The molecule has 1 unspecified atom stereocenters. The first-order valence-electron chi connectivity index (χ1n) is 8.87. The lowest BCUT2D eigenvalue weighted by Crippen LogP contribution is -2.48. The van der Waals surface area contributed by atoms with Crippen molar-refractivity contribution in [1.82, 2.24) is 15.5 Å². The minimum absolute atomic E-state index is 0. The molecule has 2 N–H and O–H groups in total. The van der Waals surface area contributed by atoms with E-state index in [4.69, 9.17) is 9.47 Å². The number of ether oxygens (including phenoxy) is 2. The summed E-state index contributed by atoms with van der Waals surface area (Å²) in [6.07, 6.45) is 3.30. The van der Waals surface area contributed by atoms with E-state index >= 15 is 0 Å². The van der Waals surface area contributed by atoms with Crippen LogP contribution in [0.4, 0.5) is 0 Å². The zero-order valence-electron chi connectivity index (χ0n) is 15.1. The van der Waals surface area contributed by atoms with Gasteiger partial charge in [0.15, 0.2) is 17.5 Å². The van der Waals surface area contributed by atoms with E-state index in [0.29, 0.717) is 19.1 Å². The Bertz CT molecular complexity index is 620. The molecule has 2 heterocycles. The van der Waals surface area contributed by atoms with Gasteiger partial charge in [0.2, 0.25) is 5.91 Å². The second-order valence-electron chi connectivity index (χ2n) is 6.25. The minimum Gasteiger partial charge on any atom is -0.486 e. The van der Waals surface area contributed by atoms with Crippen LogP contribution < -0.4 is 20.1 Å². The number of aliphatic imine (C=N–C) groups is 1. The molecule has 0 bridgehead atoms. The Kier molecular flexibility index (Phi) is 8.27. The Morgan fingerprint density at radius 1 is 1.19 bits per heavy atom. The van der Waals surface area contributed by atoms with Crippen molar-refractivity contribution in [2.45, 2.75) is 25.4 Å². The van der Waals surface area contributed by atoms with E-state index in [0.717, 1.165) is 37.4 Å². The quantitative estimate of drug-likeness (QED) is 0.394. The first-order chi connectivity index (χ1) is 12.3. The Labute approximate surface area is 171 Å². The molecule has 0 radical (unpaired) electrons. The highest BCUT2D eigenvalue weighted by atomic mass is 127. The van der Waals surface area contributed by atoms with Crippen molar-refractivity contribution in [3.63, 3.8) is 0 Å². The molecule has 8 heteroatoms. The monoisotopic (exact) mass is 474 g/mol. The number of fused-ring (bicyclic) bond motifs is 1. The number of benzene rings is 1.